The number of benzene rings is 3. The van der Waals surface area contributed by atoms with Gasteiger partial charge in [0.2, 0.25) is 0 Å². The van der Waals surface area contributed by atoms with Crippen LogP contribution in [0.3, 0.4) is 0 Å². The van der Waals surface area contributed by atoms with E-state index in [4.69, 9.17) is 0 Å². The lowest BCUT2D eigenvalue weighted by molar-refractivity contribution is 0.0939. The third-order valence-electron chi connectivity index (χ3n) is 3.87. The van der Waals surface area contributed by atoms with Crippen molar-refractivity contribution in [2.45, 2.75) is 0 Å². The lowest BCUT2D eigenvalue weighted by Crippen LogP contribution is -2.33. The van der Waals surface area contributed by atoms with Gasteiger partial charge >= 0.3 is 0 Å². The molecule has 0 aromatic heterocycles. The molecule has 3 aromatic carbocycles. The van der Waals surface area contributed by atoms with Crippen molar-refractivity contribution in [2.24, 2.45) is 0 Å². The maximum absolute atomic E-state index is 12.2. The number of amides is 1. The highest BCUT2D eigenvalue weighted by molar-refractivity contribution is 9.10. The lowest BCUT2D eigenvalue weighted by atomic mass is 10.0. The molecular formula is C22H17BrN2O2. The number of carbonyl (C=O) groups excluding carboxylic acids is 2. The average molecular weight is 421 g/mol. The highest BCUT2D eigenvalue weighted by Gasteiger charge is 2.05. The van der Waals surface area contributed by atoms with Gasteiger partial charge in [0, 0.05) is 27.9 Å². The van der Waals surface area contributed by atoms with Crippen LogP contribution in [0.2, 0.25) is 0 Å². The summed E-state index contributed by atoms with van der Waals surface area (Å²) in [5.41, 5.74) is 8.37. The molecule has 0 aliphatic heterocycles. The molecule has 0 fully saturated rings. The maximum atomic E-state index is 12.2. The van der Waals surface area contributed by atoms with Crippen molar-refractivity contribution in [3.8, 4) is 11.1 Å². The van der Waals surface area contributed by atoms with E-state index in [2.05, 4.69) is 26.8 Å². The highest BCUT2D eigenvalue weighted by atomic mass is 79.9. The average Bonchev–Trinajstić information content (AvgIpc) is 2.71. The molecule has 0 aliphatic rings. The third kappa shape index (κ3) is 5.15. The molecule has 0 saturated heterocycles. The normalized spacial score (nSPS) is 10.6. The van der Waals surface area contributed by atoms with Gasteiger partial charge in [-0.3, -0.25) is 15.0 Å². The zero-order valence-corrected chi connectivity index (χ0v) is 15.9. The number of carbonyl (C=O) groups is 2. The Morgan fingerprint density at radius 1 is 0.778 bits per heavy atom. The summed E-state index contributed by atoms with van der Waals surface area (Å²) in [5.74, 6) is -0.445. The number of nitrogens with one attached hydrogen (secondary N) is 2. The van der Waals surface area contributed by atoms with Gasteiger partial charge in [0.1, 0.15) is 0 Å². The van der Waals surface area contributed by atoms with Gasteiger partial charge in [-0.1, -0.05) is 76.6 Å². The molecule has 134 valence electrons. The van der Waals surface area contributed by atoms with Crippen molar-refractivity contribution in [1.29, 1.82) is 0 Å². The Morgan fingerprint density at radius 3 is 2.19 bits per heavy atom. The van der Waals surface area contributed by atoms with E-state index in [0.29, 0.717) is 11.1 Å². The van der Waals surface area contributed by atoms with Crippen molar-refractivity contribution < 1.29 is 9.59 Å². The number of hydrazine groups is 1. The summed E-state index contributed by atoms with van der Waals surface area (Å²) in [4.78, 5) is 24.2. The van der Waals surface area contributed by atoms with Crippen molar-refractivity contribution in [3.63, 3.8) is 0 Å². The van der Waals surface area contributed by atoms with Crippen LogP contribution in [0.25, 0.3) is 11.1 Å². The molecule has 2 N–H and O–H groups in total. The summed E-state index contributed by atoms with van der Waals surface area (Å²) >= 11 is 3.32. The molecule has 3 aromatic rings. The summed E-state index contributed by atoms with van der Waals surface area (Å²) in [5, 5.41) is 0. The van der Waals surface area contributed by atoms with Crippen molar-refractivity contribution in [2.75, 3.05) is 0 Å². The molecule has 0 spiro atoms. The number of halogens is 1. The summed E-state index contributed by atoms with van der Waals surface area (Å²) in [6.45, 7) is 0. The highest BCUT2D eigenvalue weighted by Crippen LogP contribution is 2.19. The fraction of sp³-hybridized carbons (Fsp3) is 0. The van der Waals surface area contributed by atoms with Gasteiger partial charge in [-0.15, -0.1) is 0 Å². The van der Waals surface area contributed by atoms with E-state index >= 15 is 0 Å². The van der Waals surface area contributed by atoms with Crippen LogP contribution in [0.1, 0.15) is 20.7 Å². The van der Waals surface area contributed by atoms with Crippen LogP contribution < -0.4 is 10.9 Å². The van der Waals surface area contributed by atoms with E-state index in [9.17, 15) is 9.59 Å². The first-order chi connectivity index (χ1) is 13.1. The second-order valence-electron chi connectivity index (χ2n) is 5.75. The molecule has 0 unspecified atom stereocenters. The molecule has 0 radical (unpaired) electrons. The first-order valence-corrected chi connectivity index (χ1v) is 9.10. The minimum atomic E-state index is -0.291. The van der Waals surface area contributed by atoms with E-state index in [-0.39, 0.29) is 11.7 Å². The van der Waals surface area contributed by atoms with Crippen LogP contribution in [0.5, 0.6) is 0 Å². The van der Waals surface area contributed by atoms with Crippen LogP contribution in [-0.4, -0.2) is 11.7 Å². The van der Waals surface area contributed by atoms with E-state index in [1.807, 2.05) is 48.5 Å². The van der Waals surface area contributed by atoms with Crippen molar-refractivity contribution >= 4 is 27.6 Å². The topological polar surface area (TPSA) is 58.2 Å². The van der Waals surface area contributed by atoms with Crippen LogP contribution in [0.4, 0.5) is 0 Å². The SMILES string of the molecule is O=C(/C=C\NNC(=O)c1cccc(Br)c1)c1ccc(-c2ccccc2)cc1. The molecule has 3 rings (SSSR count). The first-order valence-electron chi connectivity index (χ1n) is 8.31. The standard InChI is InChI=1S/C22H17BrN2O2/c23-20-8-4-7-19(15-20)22(27)25-24-14-13-21(26)18-11-9-17(10-12-18)16-5-2-1-3-6-16/h1-15,24H,(H,25,27)/b14-13-. The smallest absolute Gasteiger partial charge is 0.269 e. The summed E-state index contributed by atoms with van der Waals surface area (Å²) in [6, 6.07) is 24.4. The van der Waals surface area contributed by atoms with E-state index in [0.717, 1.165) is 15.6 Å². The predicted molar refractivity (Wildman–Crippen MR) is 110 cm³/mol. The first kappa shape index (κ1) is 18.6. The summed E-state index contributed by atoms with van der Waals surface area (Å²) < 4.78 is 0.819. The third-order valence-corrected chi connectivity index (χ3v) is 4.36. The van der Waals surface area contributed by atoms with Gasteiger partial charge in [0.05, 0.1) is 0 Å². The summed E-state index contributed by atoms with van der Waals surface area (Å²) in [6.07, 6.45) is 2.78. The molecule has 5 heteroatoms. The fourth-order valence-corrected chi connectivity index (χ4v) is 2.88. The Bertz CT molecular complexity index is 967. The van der Waals surface area contributed by atoms with Crippen LogP contribution in [0, 0.1) is 0 Å². The second kappa shape index (κ2) is 8.96. The van der Waals surface area contributed by atoms with Gasteiger partial charge in [-0.2, -0.15) is 0 Å². The van der Waals surface area contributed by atoms with Gasteiger partial charge in [-0.05, 0) is 29.3 Å². The van der Waals surface area contributed by atoms with Crippen LogP contribution in [-0.2, 0) is 0 Å². The number of hydrogen-bond donors (Lipinski definition) is 2. The molecule has 0 saturated carbocycles. The largest absolute Gasteiger partial charge is 0.305 e. The Morgan fingerprint density at radius 2 is 1.48 bits per heavy atom. The van der Waals surface area contributed by atoms with Gasteiger partial charge < -0.3 is 5.43 Å². The Labute approximate surface area is 166 Å². The molecule has 4 nitrogen and oxygen atoms in total. The van der Waals surface area contributed by atoms with Crippen molar-refractivity contribution in [1.82, 2.24) is 10.9 Å². The molecular weight excluding hydrogens is 404 g/mol. The molecule has 0 bridgehead atoms. The van der Waals surface area contributed by atoms with Crippen LogP contribution in [0.15, 0.2) is 95.6 Å². The van der Waals surface area contributed by atoms with E-state index in [1.165, 1.54) is 12.3 Å². The molecule has 1 amide bonds. The van der Waals surface area contributed by atoms with Gasteiger partial charge in [0.15, 0.2) is 5.78 Å². The zero-order valence-electron chi connectivity index (χ0n) is 14.4. The van der Waals surface area contributed by atoms with Gasteiger partial charge in [-0.25, -0.2) is 0 Å². The minimum absolute atomic E-state index is 0.154. The van der Waals surface area contributed by atoms with Crippen LogP contribution >= 0.6 is 15.9 Å². The number of hydrogen-bond acceptors (Lipinski definition) is 3. The molecule has 27 heavy (non-hydrogen) atoms. The fourth-order valence-electron chi connectivity index (χ4n) is 2.48. The number of allylic oxidation sites excluding steroid dienone is 1. The Kier molecular flexibility index (Phi) is 6.18. The predicted octanol–water partition coefficient (Wildman–Crippen LogP) is 4.75. The Hall–Kier alpha value is -3.18. The minimum Gasteiger partial charge on any atom is -0.305 e. The molecule has 0 aliphatic carbocycles. The quantitative estimate of drug-likeness (QED) is 0.343. The molecule has 0 heterocycles. The zero-order chi connectivity index (χ0) is 19.1. The summed E-state index contributed by atoms with van der Waals surface area (Å²) in [7, 11) is 0. The van der Waals surface area contributed by atoms with E-state index < -0.39 is 0 Å². The molecule has 0 atom stereocenters. The second-order valence-corrected chi connectivity index (χ2v) is 6.67. The monoisotopic (exact) mass is 420 g/mol. The number of ketones is 1. The number of rotatable bonds is 6. The Balaban J connectivity index is 1.55. The van der Waals surface area contributed by atoms with E-state index in [1.54, 1.807) is 30.3 Å². The van der Waals surface area contributed by atoms with Gasteiger partial charge in [0.25, 0.3) is 5.91 Å². The maximum Gasteiger partial charge on any atom is 0.269 e. The van der Waals surface area contributed by atoms with Crippen molar-refractivity contribution in [3.05, 3.63) is 107 Å². The lowest BCUT2D eigenvalue weighted by Gasteiger charge is -2.05.